The first-order valence-electron chi connectivity index (χ1n) is 10.4. The molecule has 0 bridgehead atoms. The van der Waals surface area contributed by atoms with Gasteiger partial charge in [-0.25, -0.2) is 4.79 Å². The second-order valence-electron chi connectivity index (χ2n) is 7.92. The Labute approximate surface area is 176 Å². The number of urea groups is 1. The zero-order chi connectivity index (χ0) is 21.3. The first-order valence-corrected chi connectivity index (χ1v) is 10.4. The van der Waals surface area contributed by atoms with E-state index in [1.54, 1.807) is 31.4 Å². The van der Waals surface area contributed by atoms with Crippen LogP contribution < -0.4 is 10.1 Å². The molecule has 1 saturated heterocycles. The summed E-state index contributed by atoms with van der Waals surface area (Å²) in [5.41, 5.74) is 2.55. The van der Waals surface area contributed by atoms with Gasteiger partial charge in [0.05, 0.1) is 13.7 Å². The van der Waals surface area contributed by atoms with Crippen molar-refractivity contribution in [3.05, 3.63) is 64.7 Å². The number of carbonyl (C=O) groups is 3. The van der Waals surface area contributed by atoms with Gasteiger partial charge in [-0.15, -0.1) is 0 Å². The molecule has 0 spiro atoms. The Hall–Kier alpha value is -3.15. The monoisotopic (exact) mass is 406 g/mol. The average molecular weight is 406 g/mol. The minimum absolute atomic E-state index is 0.228. The maximum absolute atomic E-state index is 13.3. The number of ether oxygens (including phenoxy) is 1. The number of nitrogens with zero attached hydrogens (tertiary/aromatic N) is 1. The Balaban J connectivity index is 1.56. The maximum atomic E-state index is 13.3. The van der Waals surface area contributed by atoms with Gasteiger partial charge >= 0.3 is 6.03 Å². The molecule has 6 nitrogen and oxygen atoms in total. The molecule has 6 heteroatoms. The molecule has 1 atom stereocenters. The van der Waals surface area contributed by atoms with Crippen molar-refractivity contribution in [2.75, 3.05) is 13.7 Å². The number of nitrogens with one attached hydrogen (secondary N) is 1. The Bertz CT molecular complexity index is 999. The van der Waals surface area contributed by atoms with E-state index in [4.69, 9.17) is 4.74 Å². The number of rotatable bonds is 6. The van der Waals surface area contributed by atoms with Crippen LogP contribution in [0.5, 0.6) is 5.75 Å². The van der Waals surface area contributed by atoms with Crippen LogP contribution in [0.15, 0.2) is 42.5 Å². The first kappa shape index (κ1) is 20.1. The lowest BCUT2D eigenvalue weighted by molar-refractivity contribution is -0.131. The standard InChI is InChI=1S/C24H26N2O4/c1-3-24(19-10-12-20(30-2)13-11-19)22(28)26(23(29)25-24)15-21(27)18-9-8-16-6-4-5-7-17(16)14-18/h8-14H,3-7,15H2,1-2H3,(H,25,29). The van der Waals surface area contributed by atoms with Crippen LogP contribution in [0.3, 0.4) is 0 Å². The molecule has 0 radical (unpaired) electrons. The van der Waals surface area contributed by atoms with Gasteiger partial charge in [0, 0.05) is 5.56 Å². The van der Waals surface area contributed by atoms with Gasteiger partial charge in [-0.1, -0.05) is 31.2 Å². The highest BCUT2D eigenvalue weighted by atomic mass is 16.5. The summed E-state index contributed by atoms with van der Waals surface area (Å²) in [6.45, 7) is 1.58. The molecule has 3 amide bonds. The van der Waals surface area contributed by atoms with Crippen molar-refractivity contribution < 1.29 is 19.1 Å². The summed E-state index contributed by atoms with van der Waals surface area (Å²) in [7, 11) is 1.57. The second kappa shape index (κ2) is 7.94. The van der Waals surface area contributed by atoms with Crippen molar-refractivity contribution in [1.29, 1.82) is 0 Å². The maximum Gasteiger partial charge on any atom is 0.325 e. The molecule has 1 fully saturated rings. The fraction of sp³-hybridized carbons (Fsp3) is 0.375. The predicted octanol–water partition coefficient (Wildman–Crippen LogP) is 3.61. The third-order valence-corrected chi connectivity index (χ3v) is 6.26. The molecule has 156 valence electrons. The van der Waals surface area contributed by atoms with Crippen molar-refractivity contribution in [2.24, 2.45) is 0 Å². The van der Waals surface area contributed by atoms with Crippen molar-refractivity contribution in [3.8, 4) is 5.75 Å². The van der Waals surface area contributed by atoms with E-state index in [-0.39, 0.29) is 12.3 Å². The van der Waals surface area contributed by atoms with Gasteiger partial charge in [0.25, 0.3) is 5.91 Å². The van der Waals surface area contributed by atoms with E-state index in [2.05, 4.69) is 5.32 Å². The number of hydrogen-bond donors (Lipinski definition) is 1. The lowest BCUT2D eigenvalue weighted by Crippen LogP contribution is -2.43. The van der Waals surface area contributed by atoms with Crippen LogP contribution in [0.1, 0.15) is 53.2 Å². The van der Waals surface area contributed by atoms with Crippen LogP contribution >= 0.6 is 0 Å². The molecule has 1 aliphatic heterocycles. The van der Waals surface area contributed by atoms with Crippen molar-refractivity contribution in [1.82, 2.24) is 10.2 Å². The highest BCUT2D eigenvalue weighted by molar-refractivity contribution is 6.11. The quantitative estimate of drug-likeness (QED) is 0.587. The zero-order valence-electron chi connectivity index (χ0n) is 17.4. The largest absolute Gasteiger partial charge is 0.497 e. The molecule has 2 aromatic rings. The van der Waals surface area contributed by atoms with Crippen molar-refractivity contribution in [3.63, 3.8) is 0 Å². The Morgan fingerprint density at radius 2 is 1.77 bits per heavy atom. The summed E-state index contributed by atoms with van der Waals surface area (Å²) in [6, 6.07) is 12.3. The lowest BCUT2D eigenvalue weighted by Gasteiger charge is -2.26. The van der Waals surface area contributed by atoms with Crippen LogP contribution in [0, 0.1) is 0 Å². The third-order valence-electron chi connectivity index (χ3n) is 6.26. The fourth-order valence-electron chi connectivity index (χ4n) is 4.43. The lowest BCUT2D eigenvalue weighted by atomic mass is 9.87. The molecular formula is C24H26N2O4. The van der Waals surface area contributed by atoms with Crippen LogP contribution in [0.25, 0.3) is 0 Å². The number of hydrogen-bond acceptors (Lipinski definition) is 4. The van der Waals surface area contributed by atoms with Crippen LogP contribution in [0.2, 0.25) is 0 Å². The van der Waals surface area contributed by atoms with Gasteiger partial charge in [0.1, 0.15) is 11.3 Å². The normalized spacial score (nSPS) is 20.7. The minimum Gasteiger partial charge on any atom is -0.497 e. The number of aryl methyl sites for hydroxylation is 2. The Morgan fingerprint density at radius 1 is 1.07 bits per heavy atom. The topological polar surface area (TPSA) is 75.7 Å². The molecule has 1 N–H and O–H groups in total. The molecular weight excluding hydrogens is 380 g/mol. The molecule has 0 aromatic heterocycles. The van der Waals surface area contributed by atoms with Crippen LogP contribution in [0.4, 0.5) is 4.79 Å². The van der Waals surface area contributed by atoms with E-state index in [9.17, 15) is 14.4 Å². The number of amides is 3. The number of methoxy groups -OCH3 is 1. The molecule has 1 unspecified atom stereocenters. The molecule has 2 aromatic carbocycles. The van der Waals surface area contributed by atoms with E-state index >= 15 is 0 Å². The summed E-state index contributed by atoms with van der Waals surface area (Å²) in [5, 5.41) is 2.82. The number of Topliss-reactive ketones (excluding diaryl/α,β-unsaturated/α-hetero) is 1. The second-order valence-corrected chi connectivity index (χ2v) is 7.92. The van der Waals surface area contributed by atoms with Gasteiger partial charge in [-0.2, -0.15) is 0 Å². The third kappa shape index (κ3) is 3.36. The van der Waals surface area contributed by atoms with E-state index in [0.717, 1.165) is 24.2 Å². The molecule has 4 rings (SSSR count). The van der Waals surface area contributed by atoms with Crippen molar-refractivity contribution in [2.45, 2.75) is 44.6 Å². The molecule has 0 saturated carbocycles. The molecule has 1 aliphatic carbocycles. The fourth-order valence-corrected chi connectivity index (χ4v) is 4.43. The summed E-state index contributed by atoms with van der Waals surface area (Å²) < 4.78 is 5.18. The van der Waals surface area contributed by atoms with Gasteiger partial charge < -0.3 is 10.1 Å². The van der Waals surface area contributed by atoms with E-state index in [1.165, 1.54) is 17.5 Å². The Morgan fingerprint density at radius 3 is 2.43 bits per heavy atom. The summed E-state index contributed by atoms with van der Waals surface area (Å²) in [6.07, 6.45) is 4.69. The van der Waals surface area contributed by atoms with E-state index in [1.807, 2.05) is 25.1 Å². The summed E-state index contributed by atoms with van der Waals surface area (Å²) in [5.74, 6) is 0.0428. The van der Waals surface area contributed by atoms with Crippen LogP contribution in [-0.2, 0) is 23.2 Å². The van der Waals surface area contributed by atoms with Crippen molar-refractivity contribution >= 4 is 17.7 Å². The van der Waals surface area contributed by atoms with Gasteiger partial charge in [-0.05, 0) is 67.0 Å². The SMILES string of the molecule is CCC1(c2ccc(OC)cc2)NC(=O)N(CC(=O)c2ccc3c(c2)CCCC3)C1=O. The molecule has 1 heterocycles. The first-order chi connectivity index (χ1) is 14.5. The number of carbonyl (C=O) groups excluding carboxylic acids is 3. The number of imide groups is 1. The van der Waals surface area contributed by atoms with Crippen LogP contribution in [-0.4, -0.2) is 36.3 Å². The van der Waals surface area contributed by atoms with Gasteiger partial charge in [0.2, 0.25) is 0 Å². The average Bonchev–Trinajstić information content (AvgIpc) is 3.03. The minimum atomic E-state index is -1.17. The number of ketones is 1. The molecule has 2 aliphatic rings. The van der Waals surface area contributed by atoms with Gasteiger partial charge in [0.15, 0.2) is 5.78 Å². The van der Waals surface area contributed by atoms with Gasteiger partial charge in [-0.3, -0.25) is 14.5 Å². The molecule has 30 heavy (non-hydrogen) atoms. The number of fused-ring (bicyclic) bond motifs is 1. The Kier molecular flexibility index (Phi) is 5.33. The zero-order valence-corrected chi connectivity index (χ0v) is 17.4. The highest BCUT2D eigenvalue weighted by Gasteiger charge is 2.51. The summed E-state index contributed by atoms with van der Waals surface area (Å²) in [4.78, 5) is 39.9. The highest BCUT2D eigenvalue weighted by Crippen LogP contribution is 2.33. The predicted molar refractivity (Wildman–Crippen MR) is 113 cm³/mol. The van der Waals surface area contributed by atoms with E-state index in [0.29, 0.717) is 23.3 Å². The summed E-state index contributed by atoms with van der Waals surface area (Å²) >= 11 is 0. The number of benzene rings is 2. The van der Waals surface area contributed by atoms with E-state index < -0.39 is 17.5 Å². The smallest absolute Gasteiger partial charge is 0.325 e.